The highest BCUT2D eigenvalue weighted by molar-refractivity contribution is 7.54. The summed E-state index contributed by atoms with van der Waals surface area (Å²) >= 11 is 0. The van der Waals surface area contributed by atoms with Crippen LogP contribution in [0.1, 0.15) is 23.7 Å². The molecule has 0 N–H and O–H groups in total. The van der Waals surface area contributed by atoms with Gasteiger partial charge in [-0.3, -0.25) is 19.2 Å². The number of hydrogen-bond donors (Lipinski definition) is 0. The zero-order chi connectivity index (χ0) is 25.0. The lowest BCUT2D eigenvalue weighted by Gasteiger charge is -2.24. The van der Waals surface area contributed by atoms with E-state index in [0.29, 0.717) is 29.5 Å². The minimum absolute atomic E-state index is 0.0332. The van der Waals surface area contributed by atoms with Crippen LogP contribution in [0.5, 0.6) is 11.5 Å². The Kier molecular flexibility index (Phi) is 5.64. The third-order valence-electron chi connectivity index (χ3n) is 6.62. The molecule has 36 heavy (non-hydrogen) atoms. The average molecular weight is 513 g/mol. The monoisotopic (exact) mass is 513 g/mol. The van der Waals surface area contributed by atoms with Gasteiger partial charge in [0.15, 0.2) is 0 Å². The number of nitro groups is 1. The largest absolute Gasteiger partial charge is 0.450 e. The van der Waals surface area contributed by atoms with Crippen LogP contribution in [0, 0.1) is 21.7 Å². The summed E-state index contributed by atoms with van der Waals surface area (Å²) in [5.74, 6) is -0.899. The molecule has 2 heterocycles. The van der Waals surface area contributed by atoms with Gasteiger partial charge in [0.05, 0.1) is 11.0 Å². The van der Waals surface area contributed by atoms with E-state index < -0.39 is 30.3 Å². The zero-order valence-corrected chi connectivity index (χ0v) is 20.0. The SMILES string of the molecule is O=[N+]([O-])c1ccc2c(c1Oc1ccc(-c3ccc(F)cc3)c(F)c1)CC[C@H]2OP(=O)(N1CC1)N1CC1. The van der Waals surface area contributed by atoms with Crippen molar-refractivity contribution < 1.29 is 27.5 Å². The molecule has 2 fully saturated rings. The van der Waals surface area contributed by atoms with Gasteiger partial charge in [-0.25, -0.2) is 18.1 Å². The molecule has 0 aromatic heterocycles. The minimum Gasteiger partial charge on any atom is -0.450 e. The number of fused-ring (bicyclic) bond motifs is 1. The summed E-state index contributed by atoms with van der Waals surface area (Å²) in [7, 11) is -3.08. The van der Waals surface area contributed by atoms with Crippen LogP contribution >= 0.6 is 7.67 Å². The fraction of sp³-hybridized carbons (Fsp3) is 0.280. The van der Waals surface area contributed by atoms with Crippen molar-refractivity contribution in [1.29, 1.82) is 0 Å². The maximum Gasteiger partial charge on any atom is 0.346 e. The molecule has 3 aliphatic rings. The molecule has 8 nitrogen and oxygen atoms in total. The number of hydrogen-bond acceptors (Lipinski definition) is 5. The fourth-order valence-electron chi connectivity index (χ4n) is 4.60. The van der Waals surface area contributed by atoms with E-state index in [9.17, 15) is 23.5 Å². The van der Waals surface area contributed by atoms with Crippen molar-refractivity contribution in [1.82, 2.24) is 9.34 Å². The van der Waals surface area contributed by atoms with E-state index in [1.807, 2.05) is 9.34 Å². The third kappa shape index (κ3) is 4.20. The molecule has 0 radical (unpaired) electrons. The summed E-state index contributed by atoms with van der Waals surface area (Å²) < 4.78 is 57.4. The molecule has 3 aromatic rings. The van der Waals surface area contributed by atoms with Gasteiger partial charge in [-0.05, 0) is 54.3 Å². The third-order valence-corrected chi connectivity index (χ3v) is 9.38. The summed E-state index contributed by atoms with van der Waals surface area (Å²) in [6, 6.07) is 12.6. The molecular weight excluding hydrogens is 491 g/mol. The van der Waals surface area contributed by atoms with Crippen LogP contribution in [0.25, 0.3) is 11.1 Å². The van der Waals surface area contributed by atoms with Crippen LogP contribution in [0.3, 0.4) is 0 Å². The molecule has 0 bridgehead atoms. The summed E-state index contributed by atoms with van der Waals surface area (Å²) in [5.41, 5.74) is 1.81. The highest BCUT2D eigenvalue weighted by atomic mass is 31.2. The van der Waals surface area contributed by atoms with Gasteiger partial charge in [0.25, 0.3) is 0 Å². The standard InChI is InChI=1S/C25H22F2N3O5P/c26-17-3-1-16(2-4-17)19-6-5-18(15-22(19)27)34-25-21-8-10-24(20(21)7-9-23(25)30(31)32)35-36(33,28-11-12-28)29-13-14-29/h1-7,9,15,24H,8,10-14H2/t24-/m1/s1. The van der Waals surface area contributed by atoms with Crippen molar-refractivity contribution in [2.75, 3.05) is 26.2 Å². The first-order valence-electron chi connectivity index (χ1n) is 11.7. The van der Waals surface area contributed by atoms with Crippen LogP contribution in [-0.2, 0) is 15.5 Å². The number of halogens is 2. The Morgan fingerprint density at radius 1 is 0.972 bits per heavy atom. The second-order valence-corrected chi connectivity index (χ2v) is 11.3. The molecule has 1 atom stereocenters. The molecule has 0 saturated carbocycles. The average Bonchev–Trinajstić information content (AvgIpc) is 3.77. The van der Waals surface area contributed by atoms with Gasteiger partial charge in [0, 0.05) is 49.4 Å². The number of nitrogens with zero attached hydrogens (tertiary/aromatic N) is 3. The lowest BCUT2D eigenvalue weighted by Crippen LogP contribution is -2.11. The predicted molar refractivity (Wildman–Crippen MR) is 128 cm³/mol. The van der Waals surface area contributed by atoms with E-state index in [4.69, 9.17) is 9.26 Å². The Morgan fingerprint density at radius 2 is 1.67 bits per heavy atom. The van der Waals surface area contributed by atoms with Crippen molar-refractivity contribution in [3.63, 3.8) is 0 Å². The lowest BCUT2D eigenvalue weighted by atomic mass is 10.0. The van der Waals surface area contributed by atoms with Gasteiger partial charge in [0.1, 0.15) is 17.4 Å². The molecular formula is C25H22F2N3O5P. The van der Waals surface area contributed by atoms with Gasteiger partial charge < -0.3 is 4.74 Å². The van der Waals surface area contributed by atoms with Crippen molar-refractivity contribution in [3.8, 4) is 22.6 Å². The van der Waals surface area contributed by atoms with Crippen LogP contribution in [-0.4, -0.2) is 40.4 Å². The number of rotatable bonds is 8. The van der Waals surface area contributed by atoms with E-state index in [2.05, 4.69) is 0 Å². The number of nitro benzene ring substituents is 1. The van der Waals surface area contributed by atoms with Crippen molar-refractivity contribution in [2.24, 2.45) is 0 Å². The molecule has 3 aromatic carbocycles. The Labute approximate surface area is 205 Å². The second kappa shape index (κ2) is 8.74. The summed E-state index contributed by atoms with van der Waals surface area (Å²) in [6.45, 7) is 2.89. The highest BCUT2D eigenvalue weighted by Crippen LogP contribution is 2.64. The maximum atomic E-state index is 14.9. The first kappa shape index (κ1) is 23.2. The van der Waals surface area contributed by atoms with E-state index >= 15 is 0 Å². The van der Waals surface area contributed by atoms with Crippen LogP contribution < -0.4 is 4.74 Å². The Morgan fingerprint density at radius 3 is 2.28 bits per heavy atom. The van der Waals surface area contributed by atoms with Crippen LogP contribution in [0.4, 0.5) is 14.5 Å². The molecule has 1 aliphatic carbocycles. The van der Waals surface area contributed by atoms with Gasteiger partial charge in [-0.2, -0.15) is 0 Å². The Balaban J connectivity index is 1.31. The molecule has 0 amide bonds. The first-order valence-corrected chi connectivity index (χ1v) is 13.2. The lowest BCUT2D eigenvalue weighted by molar-refractivity contribution is -0.385. The number of ether oxygens (including phenoxy) is 1. The smallest absolute Gasteiger partial charge is 0.346 e. The summed E-state index contributed by atoms with van der Waals surface area (Å²) in [6.07, 6.45) is 0.469. The predicted octanol–water partition coefficient (Wildman–Crippen LogP) is 6.08. The highest BCUT2D eigenvalue weighted by Gasteiger charge is 2.51. The normalized spacial score (nSPS) is 19.2. The Bertz CT molecular complexity index is 1390. The van der Waals surface area contributed by atoms with E-state index in [-0.39, 0.29) is 22.7 Å². The minimum atomic E-state index is -3.08. The number of benzene rings is 3. The van der Waals surface area contributed by atoms with Gasteiger partial charge >= 0.3 is 13.4 Å². The molecule has 0 unspecified atom stereocenters. The van der Waals surface area contributed by atoms with E-state index in [1.54, 1.807) is 6.07 Å². The summed E-state index contributed by atoms with van der Waals surface area (Å²) in [4.78, 5) is 11.2. The first-order chi connectivity index (χ1) is 17.3. The second-order valence-electron chi connectivity index (χ2n) is 9.02. The Hall–Kier alpha value is -3.17. The molecule has 2 saturated heterocycles. The quantitative estimate of drug-likeness (QED) is 0.156. The fourth-order valence-corrected chi connectivity index (χ4v) is 6.97. The van der Waals surface area contributed by atoms with Crippen LogP contribution in [0.2, 0.25) is 0 Å². The van der Waals surface area contributed by atoms with Gasteiger partial charge in [-0.15, -0.1) is 0 Å². The van der Waals surface area contributed by atoms with E-state index in [1.165, 1.54) is 42.5 Å². The molecule has 11 heteroatoms. The topological polar surface area (TPSA) is 84.7 Å². The summed E-state index contributed by atoms with van der Waals surface area (Å²) in [5, 5.41) is 11.8. The van der Waals surface area contributed by atoms with Crippen LogP contribution in [0.15, 0.2) is 54.6 Å². The van der Waals surface area contributed by atoms with Gasteiger partial charge in [0.2, 0.25) is 5.75 Å². The van der Waals surface area contributed by atoms with Crippen molar-refractivity contribution in [2.45, 2.75) is 18.9 Å². The molecule has 2 aliphatic heterocycles. The molecule has 0 spiro atoms. The maximum absolute atomic E-state index is 14.9. The van der Waals surface area contributed by atoms with Crippen molar-refractivity contribution in [3.05, 3.63) is 87.5 Å². The zero-order valence-electron chi connectivity index (χ0n) is 19.1. The molecule has 186 valence electrons. The van der Waals surface area contributed by atoms with Crippen molar-refractivity contribution >= 4 is 13.4 Å². The molecule has 6 rings (SSSR count). The van der Waals surface area contributed by atoms with Gasteiger partial charge in [-0.1, -0.05) is 12.1 Å². The van der Waals surface area contributed by atoms with E-state index in [0.717, 1.165) is 32.2 Å².